The van der Waals surface area contributed by atoms with Crippen LogP contribution in [0.25, 0.3) is 0 Å². The van der Waals surface area contributed by atoms with Crippen LogP contribution >= 0.6 is 0 Å². The van der Waals surface area contributed by atoms with Crippen molar-refractivity contribution < 1.29 is 57.6 Å². The van der Waals surface area contributed by atoms with Crippen molar-refractivity contribution in [1.82, 2.24) is 0 Å². The molecule has 0 saturated heterocycles. The number of aromatic nitrogens is 2. The fourth-order valence-electron chi connectivity index (χ4n) is 7.24. The molecule has 4 rings (SSSR count). The second-order valence-electron chi connectivity index (χ2n) is 14.8. The van der Waals surface area contributed by atoms with E-state index in [0.717, 1.165) is 0 Å². The second-order valence-corrected chi connectivity index (χ2v) is 14.8. The van der Waals surface area contributed by atoms with Gasteiger partial charge in [-0.25, -0.2) is 0 Å². The van der Waals surface area contributed by atoms with Crippen LogP contribution in [0.15, 0.2) is 49.1 Å². The number of hydrogen-bond acceptors (Lipinski definition) is 12. The van der Waals surface area contributed by atoms with Crippen molar-refractivity contribution in [3.8, 4) is 0 Å². The average Bonchev–Trinajstić information content (AvgIpc) is 3.20. The summed E-state index contributed by atoms with van der Waals surface area (Å²) in [5, 5.41) is 18.5. The van der Waals surface area contributed by atoms with Gasteiger partial charge in [0, 0.05) is 37.8 Å². The standard InChI is InChI=1S/2C20H29N2O6.CH4.2CH3/c2*1-16(17-7-3-2-4-8-17)13-20(24)27-15-21-11-5-9-18(14-21)19(23)10-6-12-28-22(25)26;;;/h2*5,9,11,14,16-17H,2-4,6-8,10,12-13,15H2,1H3;1H4;2*1H3/q2*+1;;2*-1/t2*16-;;;/m10.../s1. The van der Waals surface area contributed by atoms with Crippen molar-refractivity contribution >= 4 is 23.5 Å². The van der Waals surface area contributed by atoms with E-state index in [0.29, 0.717) is 47.6 Å². The number of carbonyl (C=O) groups is 4. The minimum atomic E-state index is -0.871. The minimum Gasteiger partial charge on any atom is -0.405 e. The number of ether oxygens (including phenoxy) is 2. The highest BCUT2D eigenvalue weighted by Gasteiger charge is 2.25. The fraction of sp³-hybridized carbons (Fsp3) is 0.628. The highest BCUT2D eigenvalue weighted by atomic mass is 17.0. The van der Waals surface area contributed by atoms with Crippen molar-refractivity contribution in [3.63, 3.8) is 0 Å². The number of ketones is 2. The summed E-state index contributed by atoms with van der Waals surface area (Å²) in [5.74, 6) is 1.14. The zero-order chi connectivity index (χ0) is 40.7. The smallest absolute Gasteiger partial charge is 0.310 e. The molecule has 0 aliphatic heterocycles. The van der Waals surface area contributed by atoms with Gasteiger partial charge < -0.3 is 34.0 Å². The monoisotopic (exact) mass is 832 g/mol. The van der Waals surface area contributed by atoms with Crippen LogP contribution in [0.3, 0.4) is 0 Å². The highest BCUT2D eigenvalue weighted by molar-refractivity contribution is 5.95. The van der Waals surface area contributed by atoms with Crippen LogP contribution in [-0.4, -0.2) is 46.9 Å². The molecule has 0 amide bonds. The van der Waals surface area contributed by atoms with E-state index in [2.05, 4.69) is 23.5 Å². The Bertz CT molecular complexity index is 1460. The Balaban J connectivity index is 0.00000109. The lowest BCUT2D eigenvalue weighted by molar-refractivity contribution is -0.757. The predicted octanol–water partition coefficient (Wildman–Crippen LogP) is 8.04. The summed E-state index contributed by atoms with van der Waals surface area (Å²) in [4.78, 5) is 77.2. The Morgan fingerprint density at radius 2 is 1.02 bits per heavy atom. The van der Waals surface area contributed by atoms with Gasteiger partial charge in [-0.15, -0.1) is 20.2 Å². The zero-order valence-corrected chi connectivity index (χ0v) is 34.8. The first-order chi connectivity index (χ1) is 26.9. The number of pyridine rings is 2. The quantitative estimate of drug-likeness (QED) is 0.0211. The number of nitrogens with zero attached hydrogens (tertiary/aromatic N) is 4. The largest absolute Gasteiger partial charge is 0.405 e. The van der Waals surface area contributed by atoms with Crippen molar-refractivity contribution in [2.24, 2.45) is 23.7 Å². The van der Waals surface area contributed by atoms with E-state index in [4.69, 9.17) is 9.47 Å². The Hall–Kier alpha value is -5.02. The maximum atomic E-state index is 12.2. The van der Waals surface area contributed by atoms with Crippen LogP contribution in [0, 0.1) is 58.8 Å². The molecule has 2 aromatic heterocycles. The molecule has 2 aliphatic rings. The van der Waals surface area contributed by atoms with Gasteiger partial charge in [-0.2, -0.15) is 9.13 Å². The third-order valence-electron chi connectivity index (χ3n) is 10.5. The molecular formula is C43H68N4O12. The zero-order valence-electron chi connectivity index (χ0n) is 34.8. The molecular weight excluding hydrogens is 764 g/mol. The van der Waals surface area contributed by atoms with Crippen LogP contribution in [0.4, 0.5) is 0 Å². The van der Waals surface area contributed by atoms with Gasteiger partial charge in [-0.05, 0) is 48.6 Å². The molecule has 0 aromatic carbocycles. The van der Waals surface area contributed by atoms with E-state index < -0.39 is 10.2 Å². The highest BCUT2D eigenvalue weighted by Crippen LogP contribution is 2.32. The number of carbonyl (C=O) groups excluding carboxylic acids is 4. The molecule has 2 atom stereocenters. The lowest BCUT2D eigenvalue weighted by atomic mass is 9.79. The Kier molecular flexibility index (Phi) is 27.5. The van der Waals surface area contributed by atoms with Crippen molar-refractivity contribution in [2.45, 2.75) is 137 Å². The van der Waals surface area contributed by atoms with Gasteiger partial charge in [-0.1, -0.05) is 85.5 Å². The Labute approximate surface area is 350 Å². The van der Waals surface area contributed by atoms with Gasteiger partial charge in [0.05, 0.1) is 24.3 Å². The van der Waals surface area contributed by atoms with Crippen LogP contribution < -0.4 is 9.13 Å². The predicted molar refractivity (Wildman–Crippen MR) is 219 cm³/mol. The Morgan fingerprint density at radius 3 is 1.36 bits per heavy atom. The van der Waals surface area contributed by atoms with E-state index in [1.165, 1.54) is 64.2 Å². The third kappa shape index (κ3) is 22.1. The molecule has 2 saturated carbocycles. The lowest BCUT2D eigenvalue weighted by Gasteiger charge is -2.26. The number of esters is 2. The third-order valence-corrected chi connectivity index (χ3v) is 10.5. The summed E-state index contributed by atoms with van der Waals surface area (Å²) in [7, 11) is 0. The van der Waals surface area contributed by atoms with Crippen LogP contribution in [0.5, 0.6) is 0 Å². The van der Waals surface area contributed by atoms with Gasteiger partial charge in [0.25, 0.3) is 23.6 Å². The van der Waals surface area contributed by atoms with E-state index in [-0.39, 0.29) is 98.1 Å². The molecule has 0 unspecified atom stereocenters. The van der Waals surface area contributed by atoms with E-state index in [9.17, 15) is 39.4 Å². The van der Waals surface area contributed by atoms with E-state index in [1.807, 2.05) is 0 Å². The molecule has 0 spiro atoms. The summed E-state index contributed by atoms with van der Waals surface area (Å²) >= 11 is 0. The molecule has 0 bridgehead atoms. The van der Waals surface area contributed by atoms with Crippen LogP contribution in [0.1, 0.15) is 145 Å². The molecule has 2 aromatic rings. The molecule has 0 radical (unpaired) electrons. The molecule has 2 fully saturated rings. The summed E-state index contributed by atoms with van der Waals surface area (Å²) < 4.78 is 14.0. The van der Waals surface area contributed by atoms with Crippen LogP contribution in [0.2, 0.25) is 0 Å². The first-order valence-corrected chi connectivity index (χ1v) is 19.8. The Morgan fingerprint density at radius 1 is 0.661 bits per heavy atom. The maximum absolute atomic E-state index is 12.2. The second kappa shape index (κ2) is 30.1. The number of hydrogen-bond donors (Lipinski definition) is 0. The van der Waals surface area contributed by atoms with Crippen LogP contribution in [-0.2, 0) is 42.2 Å². The number of rotatable bonds is 22. The van der Waals surface area contributed by atoms with Gasteiger partial charge >= 0.3 is 11.9 Å². The minimum absolute atomic E-state index is 0. The van der Waals surface area contributed by atoms with Crippen molar-refractivity contribution in [3.05, 3.63) is 95.3 Å². The SMILES string of the molecule is C.C[C@@H](CC(=O)OC[n+]1cccc(C(=O)CCCO[N+](=O)[O-])c1)C1CCCCC1.C[C@H](CC(=O)OC[n+]1cccc(C(=O)CCCO[N+](=O)[O-])c1)C1CCCCC1.[CH3-].[CH3-]. The molecule has 59 heavy (non-hydrogen) atoms. The van der Waals surface area contributed by atoms with Crippen molar-refractivity contribution in [1.29, 1.82) is 0 Å². The molecule has 332 valence electrons. The summed E-state index contributed by atoms with van der Waals surface area (Å²) in [6.07, 6.45) is 20.7. The molecule has 0 N–H and O–H groups in total. The molecule has 16 heteroatoms. The molecule has 16 nitrogen and oxygen atoms in total. The summed E-state index contributed by atoms with van der Waals surface area (Å²) in [5.41, 5.74) is 0.936. The first-order valence-electron chi connectivity index (χ1n) is 19.8. The molecule has 2 aliphatic carbocycles. The van der Waals surface area contributed by atoms with Gasteiger partial charge in [0.1, 0.15) is 0 Å². The average molecular weight is 833 g/mol. The first kappa shape index (κ1) is 54.0. The van der Waals surface area contributed by atoms with Gasteiger partial charge in [0.2, 0.25) is 0 Å². The van der Waals surface area contributed by atoms with Gasteiger partial charge in [-0.3, -0.25) is 19.2 Å². The fourth-order valence-corrected chi connectivity index (χ4v) is 7.24. The summed E-state index contributed by atoms with van der Waals surface area (Å²) in [6.45, 7) is 4.13. The van der Waals surface area contributed by atoms with Crippen molar-refractivity contribution in [2.75, 3.05) is 13.2 Å². The normalized spacial score (nSPS) is 14.8. The topological polar surface area (TPSA) is 199 Å². The maximum Gasteiger partial charge on any atom is 0.310 e. The number of Topliss-reactive ketones (excluding diaryl/α,β-unsaturated/α-hetero) is 2. The van der Waals surface area contributed by atoms with Gasteiger partial charge in [0.15, 0.2) is 36.4 Å². The lowest BCUT2D eigenvalue weighted by Crippen LogP contribution is -2.36. The summed E-state index contributed by atoms with van der Waals surface area (Å²) in [6, 6.07) is 6.75. The molecule has 2 heterocycles. The van der Waals surface area contributed by atoms with E-state index >= 15 is 0 Å². The van der Waals surface area contributed by atoms with E-state index in [1.54, 1.807) is 58.2 Å².